The number of nitrogens with one attached hydrogen (secondary N) is 2. The van der Waals surface area contributed by atoms with Crippen LogP contribution in [0.25, 0.3) is 11.3 Å². The summed E-state index contributed by atoms with van der Waals surface area (Å²) < 4.78 is 4.49. The summed E-state index contributed by atoms with van der Waals surface area (Å²) >= 11 is 0. The van der Waals surface area contributed by atoms with Gasteiger partial charge in [0, 0.05) is 17.3 Å². The van der Waals surface area contributed by atoms with Crippen molar-refractivity contribution in [3.05, 3.63) is 46.5 Å². The molecule has 0 aliphatic heterocycles. The molecule has 18 heavy (non-hydrogen) atoms. The molecule has 0 spiro atoms. The summed E-state index contributed by atoms with van der Waals surface area (Å²) in [6.07, 6.45) is 0.0927. The molecule has 0 aliphatic rings. The van der Waals surface area contributed by atoms with Crippen LogP contribution in [0.4, 0.5) is 0 Å². The fourth-order valence-electron chi connectivity index (χ4n) is 1.70. The molecule has 1 heterocycles. The van der Waals surface area contributed by atoms with E-state index in [9.17, 15) is 14.7 Å². The van der Waals surface area contributed by atoms with Gasteiger partial charge in [0.1, 0.15) is 0 Å². The van der Waals surface area contributed by atoms with Crippen LogP contribution in [0.3, 0.4) is 0 Å². The summed E-state index contributed by atoms with van der Waals surface area (Å²) in [7, 11) is 1.20. The summed E-state index contributed by atoms with van der Waals surface area (Å²) in [5, 5.41) is 9.86. The third-order valence-electron chi connectivity index (χ3n) is 2.57. The molecule has 1 unspecified atom stereocenters. The van der Waals surface area contributed by atoms with Crippen molar-refractivity contribution in [2.75, 3.05) is 7.11 Å². The van der Waals surface area contributed by atoms with Crippen molar-refractivity contribution in [2.24, 2.45) is 0 Å². The van der Waals surface area contributed by atoms with Crippen molar-refractivity contribution in [3.8, 4) is 11.3 Å². The smallest absolute Gasteiger partial charge is 0.339 e. The number of carbonyl (C=O) groups is 1. The van der Waals surface area contributed by atoms with Crippen LogP contribution < -0.4 is 5.69 Å². The third-order valence-corrected chi connectivity index (χ3v) is 2.57. The number of carbonyl (C=O) groups excluding carboxylic acids is 1. The lowest BCUT2D eigenvalue weighted by atomic mass is 10.0. The van der Waals surface area contributed by atoms with Crippen LogP contribution in [0.15, 0.2) is 35.3 Å². The molecule has 6 heteroatoms. The molecule has 1 atom stereocenters. The maximum Gasteiger partial charge on any atom is 0.339 e. The van der Waals surface area contributed by atoms with Crippen LogP contribution in [-0.2, 0) is 9.53 Å². The van der Waals surface area contributed by atoms with Crippen LogP contribution in [0.5, 0.6) is 0 Å². The molecule has 0 aliphatic carbocycles. The summed E-state index contributed by atoms with van der Waals surface area (Å²) in [4.78, 5) is 27.5. The molecule has 2 rings (SSSR count). The van der Waals surface area contributed by atoms with E-state index in [2.05, 4.69) is 14.7 Å². The molecular formula is C12H12N2O4. The molecule has 0 radical (unpaired) electrons. The Labute approximate surface area is 102 Å². The lowest BCUT2D eigenvalue weighted by molar-refractivity contribution is -0.150. The Morgan fingerprint density at radius 3 is 2.72 bits per heavy atom. The highest BCUT2D eigenvalue weighted by Gasteiger charge is 2.21. The van der Waals surface area contributed by atoms with Crippen LogP contribution >= 0.6 is 0 Å². The minimum absolute atomic E-state index is 0.354. The number of H-pyrrole nitrogens is 2. The summed E-state index contributed by atoms with van der Waals surface area (Å²) in [5.74, 6) is -0.750. The van der Waals surface area contributed by atoms with E-state index in [0.717, 1.165) is 0 Å². The van der Waals surface area contributed by atoms with Crippen molar-refractivity contribution < 1.29 is 14.6 Å². The van der Waals surface area contributed by atoms with Gasteiger partial charge < -0.3 is 19.8 Å². The molecule has 0 saturated heterocycles. The lowest BCUT2D eigenvalue weighted by Gasteiger charge is -2.12. The molecule has 1 aromatic heterocycles. The van der Waals surface area contributed by atoms with E-state index in [4.69, 9.17) is 0 Å². The van der Waals surface area contributed by atoms with Crippen molar-refractivity contribution in [2.45, 2.75) is 6.10 Å². The van der Waals surface area contributed by atoms with Gasteiger partial charge in [-0.15, -0.1) is 0 Å². The molecule has 0 amide bonds. The number of aliphatic hydroxyl groups is 1. The minimum atomic E-state index is -1.38. The van der Waals surface area contributed by atoms with Crippen LogP contribution in [-0.4, -0.2) is 28.2 Å². The zero-order chi connectivity index (χ0) is 13.1. The predicted molar refractivity (Wildman–Crippen MR) is 63.8 cm³/mol. The van der Waals surface area contributed by atoms with Gasteiger partial charge in [0.25, 0.3) is 0 Å². The average molecular weight is 248 g/mol. The summed E-state index contributed by atoms with van der Waals surface area (Å²) in [6.45, 7) is 0. The topological polar surface area (TPSA) is 95.2 Å². The molecule has 2 aromatic rings. The Bertz CT molecular complexity index is 614. The molecule has 0 saturated carbocycles. The highest BCUT2D eigenvalue weighted by atomic mass is 16.5. The number of imidazole rings is 1. The van der Waals surface area contributed by atoms with Gasteiger partial charge in [-0.2, -0.15) is 0 Å². The van der Waals surface area contributed by atoms with Crippen molar-refractivity contribution in [1.29, 1.82) is 0 Å². The van der Waals surface area contributed by atoms with Gasteiger partial charge in [0.15, 0.2) is 6.10 Å². The van der Waals surface area contributed by atoms with Crippen molar-refractivity contribution in [3.63, 3.8) is 0 Å². The van der Waals surface area contributed by atoms with Gasteiger partial charge in [0.05, 0.1) is 12.8 Å². The van der Waals surface area contributed by atoms with Crippen molar-refractivity contribution >= 4 is 5.97 Å². The van der Waals surface area contributed by atoms with Gasteiger partial charge in [-0.05, 0) is 0 Å². The molecule has 0 fully saturated rings. The predicted octanol–water partition coefficient (Wildman–Crippen LogP) is 0.576. The fourth-order valence-corrected chi connectivity index (χ4v) is 1.70. The first kappa shape index (κ1) is 12.1. The normalized spacial score (nSPS) is 12.1. The van der Waals surface area contributed by atoms with E-state index in [1.807, 2.05) is 0 Å². The standard InChI is InChI=1S/C12H12N2O4/c1-18-11(16)10(15)8-5-3-2-4-7(8)9-6-13-12(17)14-9/h2-6,10,15H,1H3,(H2,13,14,17). The number of hydrogen-bond donors (Lipinski definition) is 3. The fraction of sp³-hybridized carbons (Fsp3) is 0.167. The van der Waals surface area contributed by atoms with E-state index in [-0.39, 0.29) is 5.69 Å². The average Bonchev–Trinajstić information content (AvgIpc) is 2.83. The number of aromatic amines is 2. The molecule has 1 aromatic carbocycles. The summed E-state index contributed by atoms with van der Waals surface area (Å²) in [6, 6.07) is 6.73. The lowest BCUT2D eigenvalue weighted by Crippen LogP contribution is -2.14. The van der Waals surface area contributed by atoms with Gasteiger partial charge in [-0.1, -0.05) is 24.3 Å². The monoisotopic (exact) mass is 248 g/mol. The Balaban J connectivity index is 2.49. The number of ether oxygens (including phenoxy) is 1. The molecular weight excluding hydrogens is 236 g/mol. The van der Waals surface area contributed by atoms with Crippen LogP contribution in [0.1, 0.15) is 11.7 Å². The maximum atomic E-state index is 11.3. The summed E-state index contributed by atoms with van der Waals surface area (Å²) in [5.41, 5.74) is 1.08. The highest BCUT2D eigenvalue weighted by Crippen LogP contribution is 2.26. The van der Waals surface area contributed by atoms with E-state index in [0.29, 0.717) is 16.8 Å². The van der Waals surface area contributed by atoms with Crippen molar-refractivity contribution in [1.82, 2.24) is 9.97 Å². The number of methoxy groups -OCH3 is 1. The van der Waals surface area contributed by atoms with Gasteiger partial charge in [0.2, 0.25) is 0 Å². The third kappa shape index (κ3) is 2.18. The number of esters is 1. The molecule has 3 N–H and O–H groups in total. The van der Waals surface area contributed by atoms with E-state index in [1.54, 1.807) is 24.3 Å². The number of hydrogen-bond acceptors (Lipinski definition) is 4. The molecule has 0 bridgehead atoms. The van der Waals surface area contributed by atoms with Crippen LogP contribution in [0, 0.1) is 0 Å². The van der Waals surface area contributed by atoms with E-state index >= 15 is 0 Å². The Morgan fingerprint density at radius 1 is 1.39 bits per heavy atom. The SMILES string of the molecule is COC(=O)C(O)c1ccccc1-c1c[nH]c(=O)[nH]1. The van der Waals surface area contributed by atoms with E-state index < -0.39 is 12.1 Å². The van der Waals surface area contributed by atoms with E-state index in [1.165, 1.54) is 13.3 Å². The van der Waals surface area contributed by atoms with Gasteiger partial charge >= 0.3 is 11.7 Å². The second-order valence-electron chi connectivity index (χ2n) is 3.67. The second-order valence-corrected chi connectivity index (χ2v) is 3.67. The number of benzene rings is 1. The largest absolute Gasteiger partial charge is 0.467 e. The first-order valence-corrected chi connectivity index (χ1v) is 5.26. The van der Waals surface area contributed by atoms with Crippen LogP contribution in [0.2, 0.25) is 0 Å². The quantitative estimate of drug-likeness (QED) is 0.692. The first-order chi connectivity index (χ1) is 8.63. The zero-order valence-corrected chi connectivity index (χ0v) is 9.64. The molecule has 6 nitrogen and oxygen atoms in total. The Hall–Kier alpha value is -2.34. The number of rotatable bonds is 3. The number of aromatic nitrogens is 2. The number of aliphatic hydroxyl groups excluding tert-OH is 1. The zero-order valence-electron chi connectivity index (χ0n) is 9.64. The first-order valence-electron chi connectivity index (χ1n) is 5.26. The van der Waals surface area contributed by atoms with Gasteiger partial charge in [-0.25, -0.2) is 9.59 Å². The Kier molecular flexibility index (Phi) is 3.29. The maximum absolute atomic E-state index is 11.3. The van der Waals surface area contributed by atoms with Gasteiger partial charge in [-0.3, -0.25) is 0 Å². The second kappa shape index (κ2) is 4.89. The molecule has 94 valence electrons. The minimum Gasteiger partial charge on any atom is -0.467 e. The highest BCUT2D eigenvalue weighted by molar-refractivity contribution is 5.80. The Morgan fingerprint density at radius 2 is 2.11 bits per heavy atom.